The highest BCUT2D eigenvalue weighted by molar-refractivity contribution is 5.94. The first-order valence-corrected chi connectivity index (χ1v) is 8.22. The van der Waals surface area contributed by atoms with E-state index in [2.05, 4.69) is 15.3 Å². The maximum Gasteiger partial charge on any atom is 0.271 e. The maximum absolute atomic E-state index is 12.4. The topological polar surface area (TPSA) is 80.2 Å². The van der Waals surface area contributed by atoms with E-state index in [1.54, 1.807) is 7.11 Å². The maximum atomic E-state index is 12.4. The zero-order chi connectivity index (χ0) is 17.4. The minimum atomic E-state index is -0.168. The summed E-state index contributed by atoms with van der Waals surface area (Å²) in [4.78, 5) is 20.1. The van der Waals surface area contributed by atoms with Crippen LogP contribution < -0.4 is 10.1 Å². The number of nitrogens with zero attached hydrogens (tertiary/aromatic N) is 1. The van der Waals surface area contributed by atoms with Gasteiger partial charge in [-0.1, -0.05) is 18.2 Å². The van der Waals surface area contributed by atoms with Crippen LogP contribution in [0.15, 0.2) is 40.8 Å². The molecule has 4 rings (SSSR count). The summed E-state index contributed by atoms with van der Waals surface area (Å²) in [7, 11) is 1.66. The molecule has 1 aliphatic rings. The quantitative estimate of drug-likeness (QED) is 0.770. The fourth-order valence-electron chi connectivity index (χ4n) is 3.27. The van der Waals surface area contributed by atoms with Gasteiger partial charge >= 0.3 is 0 Å². The summed E-state index contributed by atoms with van der Waals surface area (Å²) < 4.78 is 11.1. The van der Waals surface area contributed by atoms with Gasteiger partial charge in [0.25, 0.3) is 5.91 Å². The van der Waals surface area contributed by atoms with Crippen molar-refractivity contribution in [3.63, 3.8) is 0 Å². The first-order chi connectivity index (χ1) is 12.2. The molecular formula is C19H19N3O3. The summed E-state index contributed by atoms with van der Waals surface area (Å²) in [6, 6.07) is 11.6. The number of aromatic nitrogens is 2. The van der Waals surface area contributed by atoms with Crippen LogP contribution in [0.3, 0.4) is 0 Å². The molecule has 6 nitrogen and oxygen atoms in total. The fourth-order valence-corrected chi connectivity index (χ4v) is 3.27. The van der Waals surface area contributed by atoms with Crippen molar-refractivity contribution in [3.05, 3.63) is 59.1 Å². The van der Waals surface area contributed by atoms with Crippen molar-refractivity contribution >= 4 is 5.91 Å². The lowest BCUT2D eigenvalue weighted by Gasteiger charge is -2.17. The number of hydrogen-bond donors (Lipinski definition) is 2. The number of furan rings is 1. The largest absolute Gasteiger partial charge is 0.496 e. The minimum Gasteiger partial charge on any atom is -0.496 e. The number of aromatic amines is 1. The normalized spacial score (nSPS) is 16.9. The first-order valence-electron chi connectivity index (χ1n) is 8.22. The number of benzene rings is 1. The Hall–Kier alpha value is -3.02. The van der Waals surface area contributed by atoms with Crippen LogP contribution in [0, 0.1) is 6.92 Å². The van der Waals surface area contributed by atoms with E-state index in [0.717, 1.165) is 22.8 Å². The zero-order valence-electron chi connectivity index (χ0n) is 14.1. The van der Waals surface area contributed by atoms with Crippen molar-refractivity contribution in [1.82, 2.24) is 15.3 Å². The number of carbonyl (C=O) groups is 1. The summed E-state index contributed by atoms with van der Waals surface area (Å²) in [5.74, 6) is 2.77. The van der Waals surface area contributed by atoms with Crippen LogP contribution in [0.5, 0.6) is 5.75 Å². The molecule has 1 aliphatic heterocycles. The number of fused-ring (bicyclic) bond motifs is 1. The second kappa shape index (κ2) is 6.12. The summed E-state index contributed by atoms with van der Waals surface area (Å²) in [5.41, 5.74) is 2.32. The van der Waals surface area contributed by atoms with E-state index in [9.17, 15) is 4.79 Å². The molecule has 6 heteroatoms. The number of carbonyl (C=O) groups excluding carboxylic acids is 1. The van der Waals surface area contributed by atoms with Crippen LogP contribution >= 0.6 is 0 Å². The number of hydrogen-bond acceptors (Lipinski definition) is 4. The molecule has 0 unspecified atom stereocenters. The Morgan fingerprint density at radius 3 is 2.84 bits per heavy atom. The molecule has 0 fully saturated rings. The van der Waals surface area contributed by atoms with E-state index in [-0.39, 0.29) is 11.8 Å². The van der Waals surface area contributed by atoms with Crippen molar-refractivity contribution in [3.8, 4) is 17.3 Å². The average Bonchev–Trinajstić information content (AvgIpc) is 3.21. The highest BCUT2D eigenvalue weighted by atomic mass is 16.5. The third-order valence-corrected chi connectivity index (χ3v) is 4.51. The molecule has 2 aromatic heterocycles. The van der Waals surface area contributed by atoms with Crippen molar-refractivity contribution in [2.75, 3.05) is 13.7 Å². The van der Waals surface area contributed by atoms with E-state index in [1.165, 1.54) is 0 Å². The molecule has 0 saturated heterocycles. The Balaban J connectivity index is 1.71. The third-order valence-electron chi connectivity index (χ3n) is 4.51. The van der Waals surface area contributed by atoms with Crippen LogP contribution in [0.2, 0.25) is 0 Å². The van der Waals surface area contributed by atoms with E-state index >= 15 is 0 Å². The van der Waals surface area contributed by atoms with Gasteiger partial charge in [0.15, 0.2) is 11.6 Å². The Morgan fingerprint density at radius 2 is 2.08 bits per heavy atom. The summed E-state index contributed by atoms with van der Waals surface area (Å²) in [6.07, 6.45) is 0.668. The van der Waals surface area contributed by atoms with Crippen molar-refractivity contribution in [1.29, 1.82) is 0 Å². The van der Waals surface area contributed by atoms with Crippen LogP contribution in [-0.4, -0.2) is 29.5 Å². The first kappa shape index (κ1) is 15.5. The summed E-state index contributed by atoms with van der Waals surface area (Å²) in [5, 5.41) is 2.96. The molecule has 1 atom stereocenters. The van der Waals surface area contributed by atoms with Gasteiger partial charge in [0.1, 0.15) is 17.2 Å². The predicted octanol–water partition coefficient (Wildman–Crippen LogP) is 3.06. The number of ether oxygens (including phenoxy) is 1. The molecule has 1 amide bonds. The summed E-state index contributed by atoms with van der Waals surface area (Å²) >= 11 is 0. The summed E-state index contributed by atoms with van der Waals surface area (Å²) in [6.45, 7) is 2.42. The number of rotatable bonds is 3. The average molecular weight is 337 g/mol. The van der Waals surface area contributed by atoms with Gasteiger partial charge in [0, 0.05) is 18.2 Å². The molecule has 3 aromatic rings. The van der Waals surface area contributed by atoms with E-state index in [1.807, 2.05) is 43.3 Å². The molecule has 1 aromatic carbocycles. The Labute approximate surface area is 145 Å². The van der Waals surface area contributed by atoms with Gasteiger partial charge in [0.05, 0.1) is 7.11 Å². The number of aryl methyl sites for hydroxylation is 1. The van der Waals surface area contributed by atoms with Crippen LogP contribution in [-0.2, 0) is 6.42 Å². The Morgan fingerprint density at radius 1 is 1.24 bits per heavy atom. The lowest BCUT2D eigenvalue weighted by Crippen LogP contribution is -2.26. The van der Waals surface area contributed by atoms with Crippen molar-refractivity contribution in [2.24, 2.45) is 0 Å². The molecular weight excluding hydrogens is 318 g/mol. The second-order valence-corrected chi connectivity index (χ2v) is 6.18. The van der Waals surface area contributed by atoms with Crippen LogP contribution in [0.1, 0.15) is 33.4 Å². The van der Waals surface area contributed by atoms with E-state index in [4.69, 9.17) is 9.15 Å². The lowest BCUT2D eigenvalue weighted by atomic mass is 9.93. The minimum absolute atomic E-state index is 0.105. The molecule has 128 valence electrons. The van der Waals surface area contributed by atoms with Crippen molar-refractivity contribution in [2.45, 2.75) is 19.3 Å². The monoisotopic (exact) mass is 337 g/mol. The molecule has 2 N–H and O–H groups in total. The van der Waals surface area contributed by atoms with Gasteiger partial charge in [-0.3, -0.25) is 4.79 Å². The van der Waals surface area contributed by atoms with Gasteiger partial charge in [0.2, 0.25) is 0 Å². The predicted molar refractivity (Wildman–Crippen MR) is 92.8 cm³/mol. The molecule has 25 heavy (non-hydrogen) atoms. The number of para-hydroxylation sites is 1. The van der Waals surface area contributed by atoms with Crippen molar-refractivity contribution < 1.29 is 13.9 Å². The molecule has 0 spiro atoms. The van der Waals surface area contributed by atoms with Gasteiger partial charge in [-0.05, 0) is 37.1 Å². The highest BCUT2D eigenvalue weighted by Gasteiger charge is 2.28. The number of amides is 1. The number of H-pyrrole nitrogens is 1. The molecule has 3 heterocycles. The molecule has 0 saturated carbocycles. The SMILES string of the molecule is COc1ccccc1[C@@H]1CNC(=O)c2nc(-c3ccc(C)o3)[nH]c2C1. The van der Waals surface area contributed by atoms with Gasteiger partial charge in [-0.2, -0.15) is 0 Å². The fraction of sp³-hybridized carbons (Fsp3) is 0.263. The Bertz CT molecular complexity index is 926. The third kappa shape index (κ3) is 2.80. The smallest absolute Gasteiger partial charge is 0.271 e. The molecule has 0 aliphatic carbocycles. The standard InChI is InChI=1S/C19H19N3O3/c1-11-7-8-16(25-11)18-21-14-9-12(10-20-19(23)17(14)22-18)13-5-3-4-6-15(13)24-2/h3-8,12H,9-10H2,1-2H3,(H,20,23)(H,21,22)/t12-/m0/s1. The lowest BCUT2D eigenvalue weighted by molar-refractivity contribution is 0.0950. The zero-order valence-corrected chi connectivity index (χ0v) is 14.1. The van der Waals surface area contributed by atoms with E-state index in [0.29, 0.717) is 30.2 Å². The Kier molecular flexibility index (Phi) is 3.80. The van der Waals surface area contributed by atoms with Crippen LogP contribution in [0.4, 0.5) is 0 Å². The van der Waals surface area contributed by atoms with Gasteiger partial charge in [-0.25, -0.2) is 4.98 Å². The number of imidazole rings is 1. The second-order valence-electron chi connectivity index (χ2n) is 6.18. The van der Waals surface area contributed by atoms with Gasteiger partial charge in [-0.15, -0.1) is 0 Å². The highest BCUT2D eigenvalue weighted by Crippen LogP contribution is 2.32. The molecule has 0 radical (unpaired) electrons. The molecule has 0 bridgehead atoms. The van der Waals surface area contributed by atoms with Crippen LogP contribution in [0.25, 0.3) is 11.6 Å². The number of nitrogens with one attached hydrogen (secondary N) is 2. The number of methoxy groups -OCH3 is 1. The van der Waals surface area contributed by atoms with Gasteiger partial charge < -0.3 is 19.5 Å². The van der Waals surface area contributed by atoms with E-state index < -0.39 is 0 Å².